The minimum Gasteiger partial charge on any atom is -0.334 e. The van der Waals surface area contributed by atoms with Gasteiger partial charge in [-0.2, -0.15) is 0 Å². The largest absolute Gasteiger partial charge is 0.334 e. The monoisotopic (exact) mass is 1180 g/mol. The highest BCUT2D eigenvalue weighted by atomic mass is 15.3. The Morgan fingerprint density at radius 2 is 0.811 bits per heavy atom. The molecular weight excluding hydrogens is 1090 g/mol. The summed E-state index contributed by atoms with van der Waals surface area (Å²) in [7, 11) is 0. The lowest BCUT2D eigenvalue weighted by atomic mass is 9.33. The van der Waals surface area contributed by atoms with Crippen molar-refractivity contribution in [1.29, 1.82) is 0 Å². The SMILES string of the molecule is CC(C)C(C)c1ccc(N2c3cc(C(C)(C)C)ccc3B3c4ccc(C(C)(C)C)cc4N(c4ccc(C(C)(C)C)cc4-c4ccccc4)c4cc(N5c6ccc(C(C)(C)C)cc6C6(c7ccc(C(C)(C)C)cc7)CCCCC56C)cc2c43)c(-c2ccccc2)c1. The van der Waals surface area contributed by atoms with E-state index in [9.17, 15) is 0 Å². The molecule has 4 aliphatic rings. The highest BCUT2D eigenvalue weighted by Crippen LogP contribution is 2.65. The van der Waals surface area contributed by atoms with E-state index in [-0.39, 0.29) is 44.7 Å². The third kappa shape index (κ3) is 9.99. The molecule has 1 saturated carbocycles. The van der Waals surface area contributed by atoms with Crippen molar-refractivity contribution < 1.29 is 0 Å². The van der Waals surface area contributed by atoms with Crippen LogP contribution in [0.15, 0.2) is 188 Å². The Morgan fingerprint density at radius 3 is 1.30 bits per heavy atom. The molecule has 3 aliphatic heterocycles. The molecule has 0 N–H and O–H groups in total. The number of hydrogen-bond acceptors (Lipinski definition) is 3. The molecule has 9 aromatic carbocycles. The van der Waals surface area contributed by atoms with Crippen molar-refractivity contribution in [3.63, 3.8) is 0 Å². The highest BCUT2D eigenvalue weighted by molar-refractivity contribution is 7.00. The molecule has 3 unspecified atom stereocenters. The maximum absolute atomic E-state index is 2.89. The van der Waals surface area contributed by atoms with Gasteiger partial charge in [-0.05, 0) is 185 Å². The minimum atomic E-state index is -0.352. The topological polar surface area (TPSA) is 9.72 Å². The Kier molecular flexibility index (Phi) is 14.7. The lowest BCUT2D eigenvalue weighted by Crippen LogP contribution is -2.62. The van der Waals surface area contributed by atoms with Crippen LogP contribution < -0.4 is 31.1 Å². The van der Waals surface area contributed by atoms with E-state index >= 15 is 0 Å². The van der Waals surface area contributed by atoms with Crippen molar-refractivity contribution in [3.05, 3.63) is 233 Å². The summed E-state index contributed by atoms with van der Waals surface area (Å²) >= 11 is 0. The van der Waals surface area contributed by atoms with E-state index in [0.29, 0.717) is 11.8 Å². The molecule has 9 aromatic rings. The molecule has 0 amide bonds. The lowest BCUT2D eigenvalue weighted by molar-refractivity contribution is 0.215. The van der Waals surface area contributed by atoms with Crippen molar-refractivity contribution in [3.8, 4) is 22.3 Å². The molecule has 13 rings (SSSR count). The zero-order valence-electron chi connectivity index (χ0n) is 57.8. The molecule has 1 aliphatic carbocycles. The number of rotatable bonds is 8. The van der Waals surface area contributed by atoms with Crippen LogP contribution in [0.1, 0.15) is 208 Å². The van der Waals surface area contributed by atoms with Gasteiger partial charge >= 0.3 is 0 Å². The minimum absolute atomic E-state index is 0.0323. The van der Waals surface area contributed by atoms with Gasteiger partial charge in [-0.25, -0.2) is 0 Å². The number of fused-ring (bicyclic) bond motifs is 7. The van der Waals surface area contributed by atoms with E-state index in [2.05, 4.69) is 334 Å². The van der Waals surface area contributed by atoms with E-state index < -0.39 is 0 Å². The van der Waals surface area contributed by atoms with E-state index in [0.717, 1.165) is 19.3 Å². The Balaban J connectivity index is 1.21. The molecular formula is C86H98BN3. The van der Waals surface area contributed by atoms with Gasteiger partial charge in [-0.3, -0.25) is 0 Å². The van der Waals surface area contributed by atoms with Crippen LogP contribution in [-0.4, -0.2) is 12.3 Å². The van der Waals surface area contributed by atoms with Crippen LogP contribution in [0.25, 0.3) is 22.3 Å². The quantitative estimate of drug-likeness (QED) is 0.140. The van der Waals surface area contributed by atoms with Gasteiger partial charge in [0.05, 0.1) is 16.9 Å². The molecule has 90 heavy (non-hydrogen) atoms. The number of benzene rings is 9. The smallest absolute Gasteiger partial charge is 0.252 e. The normalized spacial score (nSPS) is 18.5. The molecule has 3 heterocycles. The molecule has 0 aromatic heterocycles. The van der Waals surface area contributed by atoms with Crippen LogP contribution in [-0.2, 0) is 32.5 Å². The molecule has 4 heteroatoms. The fourth-order valence-electron chi connectivity index (χ4n) is 16.0. The first-order valence-corrected chi connectivity index (χ1v) is 33.9. The first kappa shape index (κ1) is 61.3. The van der Waals surface area contributed by atoms with Crippen molar-refractivity contribution in [2.75, 3.05) is 14.7 Å². The summed E-state index contributed by atoms with van der Waals surface area (Å²) in [6.07, 6.45) is 4.44. The van der Waals surface area contributed by atoms with Gasteiger partial charge < -0.3 is 14.7 Å². The summed E-state index contributed by atoms with van der Waals surface area (Å²) in [4.78, 5) is 8.37. The first-order valence-electron chi connectivity index (χ1n) is 33.9. The fraction of sp³-hybridized carbons (Fsp3) is 0.372. The predicted octanol–water partition coefficient (Wildman–Crippen LogP) is 22.1. The van der Waals surface area contributed by atoms with Crippen molar-refractivity contribution in [1.82, 2.24) is 0 Å². The van der Waals surface area contributed by atoms with Crippen molar-refractivity contribution in [2.45, 2.75) is 201 Å². The number of hydrogen-bond donors (Lipinski definition) is 0. The van der Waals surface area contributed by atoms with Gasteiger partial charge in [0, 0.05) is 50.7 Å². The van der Waals surface area contributed by atoms with Crippen LogP contribution in [0, 0.1) is 5.92 Å². The maximum Gasteiger partial charge on any atom is 0.252 e. The third-order valence-electron chi connectivity index (χ3n) is 21.8. The molecule has 0 radical (unpaired) electrons. The Morgan fingerprint density at radius 1 is 0.389 bits per heavy atom. The Bertz CT molecular complexity index is 4230. The summed E-state index contributed by atoms with van der Waals surface area (Å²) in [5, 5.41) is 0. The Labute approximate surface area is 542 Å². The van der Waals surface area contributed by atoms with E-state index in [1.165, 1.54) is 135 Å². The molecule has 3 atom stereocenters. The zero-order valence-corrected chi connectivity index (χ0v) is 57.8. The third-order valence-corrected chi connectivity index (χ3v) is 21.8. The van der Waals surface area contributed by atoms with Crippen molar-refractivity contribution in [2.24, 2.45) is 5.92 Å². The Hall–Kier alpha value is -7.56. The molecule has 3 nitrogen and oxygen atoms in total. The van der Waals surface area contributed by atoms with Gasteiger partial charge in [0.25, 0.3) is 6.71 Å². The maximum atomic E-state index is 2.89. The molecule has 1 fully saturated rings. The average molecular weight is 1180 g/mol. The second-order valence-corrected chi connectivity index (χ2v) is 33.1. The molecule has 0 spiro atoms. The molecule has 0 saturated heterocycles. The van der Waals surface area contributed by atoms with Gasteiger partial charge in [-0.1, -0.05) is 271 Å². The summed E-state index contributed by atoms with van der Waals surface area (Å²) in [5.41, 5.74) is 28.8. The second kappa shape index (κ2) is 21.5. The van der Waals surface area contributed by atoms with Gasteiger partial charge in [-0.15, -0.1) is 0 Å². The molecule has 460 valence electrons. The van der Waals surface area contributed by atoms with Crippen LogP contribution in [0.3, 0.4) is 0 Å². The van der Waals surface area contributed by atoms with Crippen LogP contribution in [0.5, 0.6) is 0 Å². The van der Waals surface area contributed by atoms with E-state index in [1.807, 2.05) is 0 Å². The van der Waals surface area contributed by atoms with E-state index in [4.69, 9.17) is 0 Å². The zero-order chi connectivity index (χ0) is 64.0. The fourth-order valence-corrected chi connectivity index (χ4v) is 16.0. The average Bonchev–Trinajstić information content (AvgIpc) is 1.34. The highest BCUT2D eigenvalue weighted by Gasteiger charge is 2.62. The van der Waals surface area contributed by atoms with Gasteiger partial charge in [0.2, 0.25) is 0 Å². The van der Waals surface area contributed by atoms with Crippen LogP contribution >= 0.6 is 0 Å². The summed E-state index contributed by atoms with van der Waals surface area (Å²) in [5.74, 6) is 0.842. The van der Waals surface area contributed by atoms with Gasteiger partial charge in [0.15, 0.2) is 0 Å². The van der Waals surface area contributed by atoms with Gasteiger partial charge in [0.1, 0.15) is 0 Å². The van der Waals surface area contributed by atoms with E-state index in [1.54, 1.807) is 0 Å². The summed E-state index contributed by atoms with van der Waals surface area (Å²) in [6.45, 7) is 45.3. The number of nitrogens with zero attached hydrogens (tertiary/aromatic N) is 3. The first-order chi connectivity index (χ1) is 42.4. The lowest BCUT2D eigenvalue weighted by Gasteiger charge is -2.53. The predicted molar refractivity (Wildman–Crippen MR) is 391 cm³/mol. The molecule has 0 bridgehead atoms. The van der Waals surface area contributed by atoms with Crippen LogP contribution in [0.2, 0.25) is 0 Å². The standard InChI is InChI=1S/C86H98BN3/c1-55(2)56(3)59-32-43-72(67(48-59)57-28-22-20-23-29-57)88-75-51-64(83(13,14)15)37-41-70(75)87-71-42-38-65(84(16,17)18)52-76(71)89(73-44-39-62(81(7,8)9)49-68(73)58-30-24-21-25-31-58)78-54-66(53-77(88)79(78)87)90-74-45-40-63(82(10,11)12)50-69(74)86(47-27-26-46-85(86,90)19)61-35-33-60(34-36-61)80(4,5)6/h20-25,28-45,48-56H,26-27,46-47H2,1-19H3. The number of anilines is 8. The van der Waals surface area contributed by atoms with Crippen LogP contribution in [0.4, 0.5) is 45.5 Å². The second-order valence-electron chi connectivity index (χ2n) is 33.1. The summed E-state index contributed by atoms with van der Waals surface area (Å²) in [6, 6.07) is 75.4. The summed E-state index contributed by atoms with van der Waals surface area (Å²) < 4.78 is 0. The van der Waals surface area contributed by atoms with Crippen molar-refractivity contribution >= 4 is 68.6 Å².